The van der Waals surface area contributed by atoms with E-state index in [0.29, 0.717) is 6.54 Å². The molecule has 2 rings (SSSR count). The summed E-state index contributed by atoms with van der Waals surface area (Å²) in [5.41, 5.74) is 2.10. The second-order valence-corrected chi connectivity index (χ2v) is 3.47. The molecule has 0 atom stereocenters. The van der Waals surface area contributed by atoms with Gasteiger partial charge in [-0.25, -0.2) is 0 Å². The average molecular weight is 212 g/mol. The second kappa shape index (κ2) is 5.21. The van der Waals surface area contributed by atoms with Crippen molar-refractivity contribution in [3.05, 3.63) is 60.2 Å². The molecular weight excluding hydrogens is 198 g/mol. The van der Waals surface area contributed by atoms with Crippen LogP contribution < -0.4 is 10.1 Å². The van der Waals surface area contributed by atoms with Gasteiger partial charge in [0.15, 0.2) is 0 Å². The Kier molecular flexibility index (Phi) is 3.44. The van der Waals surface area contributed by atoms with E-state index in [1.165, 1.54) is 5.56 Å². The molecule has 2 heteroatoms. The highest BCUT2D eigenvalue weighted by Gasteiger charge is 2.01. The van der Waals surface area contributed by atoms with Crippen LogP contribution in [-0.2, 0) is 6.54 Å². The third kappa shape index (κ3) is 2.54. The molecule has 0 heterocycles. The summed E-state index contributed by atoms with van der Waals surface area (Å²) in [5, 5.41) is 4.52. The van der Waals surface area contributed by atoms with E-state index >= 15 is 0 Å². The summed E-state index contributed by atoms with van der Waals surface area (Å²) in [7, 11) is 1.66. The minimum absolute atomic E-state index is 0.682. The summed E-state index contributed by atoms with van der Waals surface area (Å²) in [4.78, 5) is 0. The first-order valence-corrected chi connectivity index (χ1v) is 5.24. The Morgan fingerprint density at radius 2 is 1.62 bits per heavy atom. The fourth-order valence-corrected chi connectivity index (χ4v) is 1.52. The largest absolute Gasteiger partial charge is 0.495 e. The van der Waals surface area contributed by atoms with Crippen molar-refractivity contribution >= 4 is 5.69 Å². The van der Waals surface area contributed by atoms with Gasteiger partial charge in [-0.15, -0.1) is 0 Å². The molecule has 0 amide bonds. The molecule has 1 radical (unpaired) electrons. The Morgan fingerprint density at radius 1 is 0.938 bits per heavy atom. The Bertz CT molecular complexity index is 439. The van der Waals surface area contributed by atoms with Crippen LogP contribution in [-0.4, -0.2) is 7.11 Å². The van der Waals surface area contributed by atoms with E-state index < -0.39 is 0 Å². The third-order valence-electron chi connectivity index (χ3n) is 2.36. The predicted molar refractivity (Wildman–Crippen MR) is 64.9 cm³/mol. The minimum Gasteiger partial charge on any atom is -0.495 e. The fraction of sp³-hybridized carbons (Fsp3) is 0.143. The molecule has 16 heavy (non-hydrogen) atoms. The molecule has 0 spiro atoms. The Balaban J connectivity index is 2.05. The van der Waals surface area contributed by atoms with Crippen LogP contribution in [0.3, 0.4) is 0 Å². The zero-order valence-electron chi connectivity index (χ0n) is 9.26. The first-order chi connectivity index (χ1) is 7.90. The number of hydrogen-bond donors (Lipinski definition) is 0. The number of methoxy groups -OCH3 is 1. The molecule has 0 aliphatic carbocycles. The van der Waals surface area contributed by atoms with Gasteiger partial charge in [0, 0.05) is 0 Å². The monoisotopic (exact) mass is 212 g/mol. The van der Waals surface area contributed by atoms with Gasteiger partial charge in [-0.05, 0) is 17.7 Å². The molecule has 81 valence electrons. The highest BCUT2D eigenvalue weighted by Crippen LogP contribution is 2.23. The maximum absolute atomic E-state index is 5.24. The Hall–Kier alpha value is -1.96. The fourth-order valence-electron chi connectivity index (χ4n) is 1.52. The van der Waals surface area contributed by atoms with E-state index in [2.05, 4.69) is 17.4 Å². The molecule has 0 aromatic heterocycles. The number of hydrogen-bond acceptors (Lipinski definition) is 1. The maximum atomic E-state index is 5.24. The van der Waals surface area contributed by atoms with Crippen LogP contribution in [0.5, 0.6) is 5.75 Å². The van der Waals surface area contributed by atoms with Gasteiger partial charge in [0.2, 0.25) is 0 Å². The number of ether oxygens (including phenoxy) is 1. The van der Waals surface area contributed by atoms with Crippen molar-refractivity contribution in [2.24, 2.45) is 0 Å². The first kappa shape index (κ1) is 10.6. The average Bonchev–Trinajstić information content (AvgIpc) is 2.38. The van der Waals surface area contributed by atoms with E-state index in [1.54, 1.807) is 7.11 Å². The number of benzene rings is 2. The molecule has 0 aliphatic heterocycles. The maximum Gasteiger partial charge on any atom is 0.144 e. The number of para-hydroxylation sites is 2. The van der Waals surface area contributed by atoms with Gasteiger partial charge >= 0.3 is 0 Å². The molecule has 2 aromatic carbocycles. The van der Waals surface area contributed by atoms with Gasteiger partial charge in [-0.2, -0.15) is 0 Å². The molecule has 0 bridgehead atoms. The normalized spacial score (nSPS) is 9.81. The van der Waals surface area contributed by atoms with Gasteiger partial charge < -0.3 is 4.74 Å². The zero-order chi connectivity index (χ0) is 11.2. The topological polar surface area (TPSA) is 23.3 Å². The molecule has 0 unspecified atom stereocenters. The lowest BCUT2D eigenvalue weighted by atomic mass is 10.2. The van der Waals surface area contributed by atoms with Gasteiger partial charge in [0.05, 0.1) is 19.3 Å². The highest BCUT2D eigenvalue weighted by atomic mass is 16.5. The smallest absolute Gasteiger partial charge is 0.144 e. The van der Waals surface area contributed by atoms with Crippen LogP contribution in [0.25, 0.3) is 0 Å². The summed E-state index contributed by atoms with van der Waals surface area (Å²) in [6.45, 7) is 0.682. The standard InChI is InChI=1S/C14H14NO/c1-16-14-10-6-5-9-13(14)15-11-12-7-3-2-4-8-12/h2-10H,11H2,1H3. The third-order valence-corrected chi connectivity index (χ3v) is 2.36. The molecule has 0 N–H and O–H groups in total. The lowest BCUT2D eigenvalue weighted by Crippen LogP contribution is -1.99. The van der Waals surface area contributed by atoms with Crippen LogP contribution in [0.1, 0.15) is 5.56 Å². The summed E-state index contributed by atoms with van der Waals surface area (Å²) in [5.74, 6) is 0.818. The van der Waals surface area contributed by atoms with Gasteiger partial charge in [-0.3, -0.25) is 5.32 Å². The van der Waals surface area contributed by atoms with E-state index in [9.17, 15) is 0 Å². The molecular formula is C14H14NO. The van der Waals surface area contributed by atoms with Crippen LogP contribution >= 0.6 is 0 Å². The van der Waals surface area contributed by atoms with Crippen molar-refractivity contribution in [3.8, 4) is 5.75 Å². The predicted octanol–water partition coefficient (Wildman–Crippen LogP) is 3.13. The molecule has 0 fully saturated rings. The quantitative estimate of drug-likeness (QED) is 0.763. The Morgan fingerprint density at radius 3 is 2.38 bits per heavy atom. The van der Waals surface area contributed by atoms with Crippen LogP contribution in [0, 0.1) is 0 Å². The van der Waals surface area contributed by atoms with Gasteiger partial charge in [0.1, 0.15) is 5.75 Å². The molecule has 0 saturated carbocycles. The highest BCUT2D eigenvalue weighted by molar-refractivity contribution is 5.50. The van der Waals surface area contributed by atoms with Gasteiger partial charge in [-0.1, -0.05) is 42.5 Å². The van der Waals surface area contributed by atoms with Crippen LogP contribution in [0.4, 0.5) is 5.69 Å². The second-order valence-electron chi connectivity index (χ2n) is 3.47. The van der Waals surface area contributed by atoms with Crippen molar-refractivity contribution in [1.29, 1.82) is 0 Å². The van der Waals surface area contributed by atoms with Crippen molar-refractivity contribution < 1.29 is 4.74 Å². The molecule has 0 aliphatic rings. The Labute approximate surface area is 95.9 Å². The van der Waals surface area contributed by atoms with Crippen molar-refractivity contribution in [1.82, 2.24) is 5.32 Å². The summed E-state index contributed by atoms with van der Waals surface area (Å²) in [6, 6.07) is 18.0. The number of rotatable bonds is 4. The number of nitrogens with zero attached hydrogens (tertiary/aromatic N) is 1. The minimum atomic E-state index is 0.682. The lowest BCUT2D eigenvalue weighted by Gasteiger charge is -2.08. The summed E-state index contributed by atoms with van der Waals surface area (Å²) < 4.78 is 5.24. The molecule has 2 aromatic rings. The van der Waals surface area contributed by atoms with E-state index in [-0.39, 0.29) is 0 Å². The molecule has 2 nitrogen and oxygen atoms in total. The van der Waals surface area contributed by atoms with Gasteiger partial charge in [0.25, 0.3) is 0 Å². The molecule has 0 saturated heterocycles. The lowest BCUT2D eigenvalue weighted by molar-refractivity contribution is 0.413. The van der Waals surface area contributed by atoms with Crippen molar-refractivity contribution in [2.75, 3.05) is 7.11 Å². The summed E-state index contributed by atoms with van der Waals surface area (Å²) >= 11 is 0. The van der Waals surface area contributed by atoms with Crippen molar-refractivity contribution in [3.63, 3.8) is 0 Å². The van der Waals surface area contributed by atoms with Crippen molar-refractivity contribution in [2.45, 2.75) is 6.54 Å². The SMILES string of the molecule is COc1ccccc1[N]Cc1ccccc1. The first-order valence-electron chi connectivity index (χ1n) is 5.24. The van der Waals surface area contributed by atoms with Crippen LogP contribution in [0.15, 0.2) is 54.6 Å². The van der Waals surface area contributed by atoms with E-state index in [4.69, 9.17) is 4.74 Å². The summed E-state index contributed by atoms with van der Waals surface area (Å²) in [6.07, 6.45) is 0. The van der Waals surface area contributed by atoms with E-state index in [1.807, 2.05) is 42.5 Å². The van der Waals surface area contributed by atoms with Crippen LogP contribution in [0.2, 0.25) is 0 Å². The van der Waals surface area contributed by atoms with E-state index in [0.717, 1.165) is 11.4 Å². The zero-order valence-corrected chi connectivity index (χ0v) is 9.26.